The number of terminal acetylenes is 1. The molecular formula is C18H19NS. The molecule has 102 valence electrons. The van der Waals surface area contributed by atoms with E-state index in [2.05, 4.69) is 56.8 Å². The van der Waals surface area contributed by atoms with E-state index in [9.17, 15) is 0 Å². The minimum atomic E-state index is 0.223. The number of hydrogen-bond acceptors (Lipinski definition) is 2. The van der Waals surface area contributed by atoms with E-state index in [0.29, 0.717) is 0 Å². The fourth-order valence-corrected chi connectivity index (χ4v) is 3.06. The monoisotopic (exact) mass is 281 g/mol. The van der Waals surface area contributed by atoms with E-state index in [1.54, 1.807) is 6.20 Å². The third kappa shape index (κ3) is 3.65. The average molecular weight is 281 g/mol. The van der Waals surface area contributed by atoms with Gasteiger partial charge in [0, 0.05) is 27.0 Å². The standard InChI is InChI=1S/C18H19NS/c1-6-14-7-10-17(19-12-14)16-9-8-15(11-13(16)2)20-18(3,4)5/h1,7-12H,2-5H3. The summed E-state index contributed by atoms with van der Waals surface area (Å²) < 4.78 is 0.223. The first-order valence-electron chi connectivity index (χ1n) is 6.62. The van der Waals surface area contributed by atoms with Crippen molar-refractivity contribution in [2.75, 3.05) is 0 Å². The minimum absolute atomic E-state index is 0.223. The number of benzene rings is 1. The van der Waals surface area contributed by atoms with E-state index < -0.39 is 0 Å². The molecule has 1 aromatic carbocycles. The molecule has 0 bridgehead atoms. The third-order valence-electron chi connectivity index (χ3n) is 2.83. The van der Waals surface area contributed by atoms with Crippen LogP contribution in [0, 0.1) is 19.3 Å². The Labute approximate surface area is 125 Å². The second-order valence-corrected chi connectivity index (χ2v) is 7.67. The van der Waals surface area contributed by atoms with Crippen LogP contribution in [0.15, 0.2) is 41.4 Å². The van der Waals surface area contributed by atoms with Gasteiger partial charge in [0.15, 0.2) is 0 Å². The van der Waals surface area contributed by atoms with E-state index in [0.717, 1.165) is 16.8 Å². The van der Waals surface area contributed by atoms with Crippen LogP contribution >= 0.6 is 11.8 Å². The SMILES string of the molecule is C#Cc1ccc(-c2ccc(SC(C)(C)C)cc2C)nc1. The predicted octanol–water partition coefficient (Wildman–Crippen LogP) is 4.93. The Bertz CT molecular complexity index is 643. The molecule has 0 atom stereocenters. The lowest BCUT2D eigenvalue weighted by atomic mass is 10.0. The molecule has 0 amide bonds. The number of nitrogens with zero attached hydrogens (tertiary/aromatic N) is 1. The van der Waals surface area contributed by atoms with Gasteiger partial charge in [0.2, 0.25) is 0 Å². The highest BCUT2D eigenvalue weighted by Gasteiger charge is 2.13. The van der Waals surface area contributed by atoms with Crippen LogP contribution in [0.5, 0.6) is 0 Å². The number of rotatable bonds is 2. The second kappa shape index (κ2) is 5.73. The predicted molar refractivity (Wildman–Crippen MR) is 88.0 cm³/mol. The van der Waals surface area contributed by atoms with Crippen molar-refractivity contribution in [3.63, 3.8) is 0 Å². The highest BCUT2D eigenvalue weighted by Crippen LogP contribution is 2.34. The zero-order valence-corrected chi connectivity index (χ0v) is 13.2. The van der Waals surface area contributed by atoms with Crippen molar-refractivity contribution in [1.82, 2.24) is 4.98 Å². The van der Waals surface area contributed by atoms with E-state index in [1.165, 1.54) is 10.5 Å². The van der Waals surface area contributed by atoms with Crippen LogP contribution in [0.25, 0.3) is 11.3 Å². The lowest BCUT2D eigenvalue weighted by molar-refractivity contribution is 0.803. The maximum atomic E-state index is 5.35. The zero-order valence-electron chi connectivity index (χ0n) is 12.4. The molecule has 0 fully saturated rings. The van der Waals surface area contributed by atoms with Crippen LogP contribution in [0.2, 0.25) is 0 Å². The summed E-state index contributed by atoms with van der Waals surface area (Å²) in [6.07, 6.45) is 7.10. The van der Waals surface area contributed by atoms with Gasteiger partial charge in [0.1, 0.15) is 0 Å². The number of pyridine rings is 1. The molecule has 0 saturated carbocycles. The maximum absolute atomic E-state index is 5.35. The van der Waals surface area contributed by atoms with Crippen molar-refractivity contribution < 1.29 is 0 Å². The Morgan fingerprint density at radius 2 is 1.90 bits per heavy atom. The molecule has 0 spiro atoms. The topological polar surface area (TPSA) is 12.9 Å². The summed E-state index contributed by atoms with van der Waals surface area (Å²) in [5.74, 6) is 2.59. The average Bonchev–Trinajstić information content (AvgIpc) is 2.37. The van der Waals surface area contributed by atoms with Crippen molar-refractivity contribution in [3.05, 3.63) is 47.7 Å². The summed E-state index contributed by atoms with van der Waals surface area (Å²) in [4.78, 5) is 5.73. The lowest BCUT2D eigenvalue weighted by Crippen LogP contribution is -2.06. The molecule has 0 N–H and O–H groups in total. The molecule has 0 saturated heterocycles. The Kier molecular flexibility index (Phi) is 4.20. The van der Waals surface area contributed by atoms with Crippen LogP contribution in [0.4, 0.5) is 0 Å². The van der Waals surface area contributed by atoms with Gasteiger partial charge in [0.05, 0.1) is 5.69 Å². The van der Waals surface area contributed by atoms with Crippen molar-refractivity contribution >= 4 is 11.8 Å². The molecule has 2 aromatic rings. The Hall–Kier alpha value is -1.72. The van der Waals surface area contributed by atoms with Gasteiger partial charge in [-0.05, 0) is 36.8 Å². The number of aromatic nitrogens is 1. The molecule has 2 heteroatoms. The van der Waals surface area contributed by atoms with Gasteiger partial charge in [-0.25, -0.2) is 0 Å². The first kappa shape index (κ1) is 14.7. The Morgan fingerprint density at radius 1 is 1.15 bits per heavy atom. The number of aryl methyl sites for hydroxylation is 1. The minimum Gasteiger partial charge on any atom is -0.255 e. The highest BCUT2D eigenvalue weighted by atomic mass is 32.2. The third-order valence-corrected chi connectivity index (χ3v) is 3.93. The van der Waals surface area contributed by atoms with Gasteiger partial charge in [-0.1, -0.05) is 32.8 Å². The highest BCUT2D eigenvalue weighted by molar-refractivity contribution is 8.00. The normalized spacial score (nSPS) is 11.2. The quantitative estimate of drug-likeness (QED) is 0.572. The molecule has 1 nitrogen and oxygen atoms in total. The zero-order chi connectivity index (χ0) is 14.8. The van der Waals surface area contributed by atoms with Gasteiger partial charge in [-0.15, -0.1) is 18.2 Å². The molecule has 0 aliphatic rings. The van der Waals surface area contributed by atoms with E-state index in [1.807, 2.05) is 23.9 Å². The van der Waals surface area contributed by atoms with Gasteiger partial charge in [-0.3, -0.25) is 4.98 Å². The molecule has 0 aliphatic carbocycles. The largest absolute Gasteiger partial charge is 0.255 e. The summed E-state index contributed by atoms with van der Waals surface area (Å²) >= 11 is 1.88. The fourth-order valence-electron chi connectivity index (χ4n) is 1.98. The van der Waals surface area contributed by atoms with E-state index in [4.69, 9.17) is 6.42 Å². The number of thioether (sulfide) groups is 1. The summed E-state index contributed by atoms with van der Waals surface area (Å²) in [6, 6.07) is 10.4. The van der Waals surface area contributed by atoms with Gasteiger partial charge < -0.3 is 0 Å². The van der Waals surface area contributed by atoms with Crippen molar-refractivity contribution in [1.29, 1.82) is 0 Å². The fraction of sp³-hybridized carbons (Fsp3) is 0.278. The number of hydrogen-bond donors (Lipinski definition) is 0. The Morgan fingerprint density at radius 3 is 2.40 bits per heavy atom. The molecule has 0 radical (unpaired) electrons. The molecule has 1 aromatic heterocycles. The Balaban J connectivity index is 2.32. The van der Waals surface area contributed by atoms with Crippen molar-refractivity contribution in [3.8, 4) is 23.6 Å². The summed E-state index contributed by atoms with van der Waals surface area (Å²) in [7, 11) is 0. The van der Waals surface area contributed by atoms with Crippen molar-refractivity contribution in [2.45, 2.75) is 37.3 Å². The first-order valence-corrected chi connectivity index (χ1v) is 7.43. The smallest absolute Gasteiger partial charge is 0.0705 e. The summed E-state index contributed by atoms with van der Waals surface area (Å²) in [5.41, 5.74) is 4.17. The van der Waals surface area contributed by atoms with Crippen molar-refractivity contribution in [2.24, 2.45) is 0 Å². The molecule has 0 aliphatic heterocycles. The van der Waals surface area contributed by atoms with Gasteiger partial charge >= 0.3 is 0 Å². The van der Waals surface area contributed by atoms with E-state index >= 15 is 0 Å². The summed E-state index contributed by atoms with van der Waals surface area (Å²) in [6.45, 7) is 8.79. The van der Waals surface area contributed by atoms with E-state index in [-0.39, 0.29) is 4.75 Å². The van der Waals surface area contributed by atoms with Crippen LogP contribution < -0.4 is 0 Å². The van der Waals surface area contributed by atoms with Crippen LogP contribution in [0.1, 0.15) is 31.9 Å². The maximum Gasteiger partial charge on any atom is 0.0705 e. The molecular weight excluding hydrogens is 262 g/mol. The van der Waals surface area contributed by atoms with Gasteiger partial charge in [-0.2, -0.15) is 0 Å². The summed E-state index contributed by atoms with van der Waals surface area (Å²) in [5, 5.41) is 0. The molecule has 0 unspecified atom stereocenters. The second-order valence-electron chi connectivity index (χ2n) is 5.77. The van der Waals surface area contributed by atoms with Crippen LogP contribution in [0.3, 0.4) is 0 Å². The molecule has 20 heavy (non-hydrogen) atoms. The molecule has 2 rings (SSSR count). The van der Waals surface area contributed by atoms with Crippen LogP contribution in [-0.4, -0.2) is 9.73 Å². The van der Waals surface area contributed by atoms with Gasteiger partial charge in [0.25, 0.3) is 0 Å². The molecule has 1 heterocycles. The lowest BCUT2D eigenvalue weighted by Gasteiger charge is -2.18. The van der Waals surface area contributed by atoms with Crippen LogP contribution in [-0.2, 0) is 0 Å². The first-order chi connectivity index (χ1) is 9.39.